The second-order valence-electron chi connectivity index (χ2n) is 9.59. The zero-order valence-corrected chi connectivity index (χ0v) is 21.2. The fourth-order valence-electron chi connectivity index (χ4n) is 4.93. The number of fused-ring (bicyclic) bond motifs is 1. The molecule has 9 heteroatoms. The number of nitrogens with one attached hydrogen (secondary N) is 1. The van der Waals surface area contributed by atoms with Gasteiger partial charge in [0, 0.05) is 18.8 Å². The van der Waals surface area contributed by atoms with Crippen LogP contribution in [0.2, 0.25) is 0 Å². The normalized spacial score (nSPS) is 26.7. The van der Waals surface area contributed by atoms with Crippen LogP contribution < -0.4 is 10.9 Å². The number of aryl methyl sites for hydroxylation is 1. The largest absolute Gasteiger partial charge is 0.376 e. The third-order valence-electron chi connectivity index (χ3n) is 7.00. The number of hydrogen-bond donors (Lipinski definition) is 1. The van der Waals surface area contributed by atoms with Crippen molar-refractivity contribution in [2.24, 2.45) is 5.92 Å². The molecular weight excluding hydrogens is 468 g/mol. The molecule has 0 radical (unpaired) electrons. The maximum absolute atomic E-state index is 13.6. The van der Waals surface area contributed by atoms with Crippen molar-refractivity contribution in [1.82, 2.24) is 14.3 Å². The zero-order valence-electron chi connectivity index (χ0n) is 19.6. The van der Waals surface area contributed by atoms with Gasteiger partial charge in [-0.25, -0.2) is 4.98 Å². The summed E-state index contributed by atoms with van der Waals surface area (Å²) in [6.07, 6.45) is 9.74. The van der Waals surface area contributed by atoms with Gasteiger partial charge in [0.2, 0.25) is 0 Å². The number of thioether (sulfide) groups is 1. The molecule has 1 aliphatic carbocycles. The van der Waals surface area contributed by atoms with Crippen molar-refractivity contribution >= 4 is 51.7 Å². The van der Waals surface area contributed by atoms with Gasteiger partial charge in [-0.05, 0) is 69.1 Å². The second-order valence-corrected chi connectivity index (χ2v) is 11.3. The molecule has 1 saturated carbocycles. The lowest BCUT2D eigenvalue weighted by atomic mass is 9.87. The predicted octanol–water partition coefficient (Wildman–Crippen LogP) is 4.37. The van der Waals surface area contributed by atoms with E-state index in [0.29, 0.717) is 32.8 Å². The van der Waals surface area contributed by atoms with Crippen molar-refractivity contribution in [3.63, 3.8) is 0 Å². The van der Waals surface area contributed by atoms with Crippen LogP contribution in [0, 0.1) is 12.8 Å². The number of carbonyl (C=O) groups is 1. The Morgan fingerprint density at radius 1 is 1.26 bits per heavy atom. The molecule has 2 saturated heterocycles. The highest BCUT2D eigenvalue weighted by atomic mass is 32.2. The molecule has 1 atom stereocenters. The van der Waals surface area contributed by atoms with Crippen LogP contribution in [0.4, 0.5) is 5.82 Å². The van der Waals surface area contributed by atoms with E-state index in [-0.39, 0.29) is 23.6 Å². The van der Waals surface area contributed by atoms with Gasteiger partial charge in [0.25, 0.3) is 11.5 Å². The Labute approximate surface area is 209 Å². The highest BCUT2D eigenvalue weighted by molar-refractivity contribution is 8.26. The number of ether oxygens (including phenoxy) is 1. The molecule has 7 nitrogen and oxygen atoms in total. The van der Waals surface area contributed by atoms with Crippen LogP contribution in [0.5, 0.6) is 0 Å². The number of hydrogen-bond acceptors (Lipinski definition) is 7. The Kier molecular flexibility index (Phi) is 6.77. The van der Waals surface area contributed by atoms with Gasteiger partial charge in [-0.3, -0.25) is 18.9 Å². The summed E-state index contributed by atoms with van der Waals surface area (Å²) in [5.41, 5.74) is 1.76. The molecule has 0 bridgehead atoms. The smallest absolute Gasteiger partial charge is 0.267 e. The topological polar surface area (TPSA) is 75.9 Å². The summed E-state index contributed by atoms with van der Waals surface area (Å²) in [5, 5.41) is 3.54. The molecular formula is C25H30N4O3S2. The molecule has 2 aromatic rings. The lowest BCUT2D eigenvalue weighted by Gasteiger charge is -2.28. The third-order valence-corrected chi connectivity index (χ3v) is 8.38. The fourth-order valence-corrected chi connectivity index (χ4v) is 6.19. The maximum Gasteiger partial charge on any atom is 0.267 e. The van der Waals surface area contributed by atoms with Crippen LogP contribution in [-0.2, 0) is 9.53 Å². The van der Waals surface area contributed by atoms with Crippen molar-refractivity contribution in [1.29, 1.82) is 0 Å². The number of carbonyl (C=O) groups excluding carboxylic acids is 1. The number of rotatable bonds is 5. The highest BCUT2D eigenvalue weighted by Gasteiger charge is 2.35. The Morgan fingerprint density at radius 2 is 2.06 bits per heavy atom. The van der Waals surface area contributed by atoms with Crippen molar-refractivity contribution in [3.8, 4) is 0 Å². The quantitative estimate of drug-likeness (QED) is 0.484. The van der Waals surface area contributed by atoms with Crippen LogP contribution in [0.3, 0.4) is 0 Å². The number of thiocarbonyl (C=S) groups is 1. The molecule has 1 amide bonds. The van der Waals surface area contributed by atoms with Gasteiger partial charge in [-0.2, -0.15) is 0 Å². The van der Waals surface area contributed by atoms with Gasteiger partial charge in [0.05, 0.1) is 23.1 Å². The molecule has 3 aliphatic rings. The van der Waals surface area contributed by atoms with Gasteiger partial charge in [-0.15, -0.1) is 0 Å². The molecule has 4 heterocycles. The van der Waals surface area contributed by atoms with Crippen LogP contribution in [0.15, 0.2) is 28.0 Å². The first kappa shape index (κ1) is 23.5. The molecule has 34 heavy (non-hydrogen) atoms. The van der Waals surface area contributed by atoms with E-state index in [2.05, 4.69) is 12.2 Å². The summed E-state index contributed by atoms with van der Waals surface area (Å²) in [7, 11) is 0. The van der Waals surface area contributed by atoms with Gasteiger partial charge in [0.1, 0.15) is 15.8 Å². The number of amides is 1. The number of pyridine rings is 1. The standard InChI is InChI=1S/C25H30N4O3S2/c1-15-7-9-17(10-8-15)26-21-19(23(30)28-11-3-5-16(2)22(28)27-21)13-20-24(31)29(25(33)34-20)14-18-6-4-12-32-18/h3,5,11,13,15,17-18,26H,4,6-10,12,14H2,1-2H3. The van der Waals surface area contributed by atoms with Crippen LogP contribution in [-0.4, -0.2) is 49.8 Å². The van der Waals surface area contributed by atoms with Crippen molar-refractivity contribution in [2.45, 2.75) is 64.5 Å². The van der Waals surface area contributed by atoms with Crippen LogP contribution in [0.25, 0.3) is 11.7 Å². The zero-order chi connectivity index (χ0) is 23.8. The Balaban J connectivity index is 1.51. The average molecular weight is 499 g/mol. The Morgan fingerprint density at radius 3 is 2.79 bits per heavy atom. The minimum absolute atomic E-state index is 0.0173. The van der Waals surface area contributed by atoms with Crippen molar-refractivity contribution < 1.29 is 9.53 Å². The fraction of sp³-hybridized carbons (Fsp3) is 0.520. The first-order valence-corrected chi connectivity index (χ1v) is 13.3. The summed E-state index contributed by atoms with van der Waals surface area (Å²) in [6, 6.07) is 4.05. The van der Waals surface area contributed by atoms with Gasteiger partial charge < -0.3 is 10.1 Å². The first-order valence-electron chi connectivity index (χ1n) is 12.1. The van der Waals surface area contributed by atoms with Crippen LogP contribution in [0.1, 0.15) is 56.6 Å². The van der Waals surface area contributed by atoms with E-state index in [1.165, 1.54) is 11.8 Å². The minimum atomic E-state index is -0.190. The first-order chi connectivity index (χ1) is 16.4. The predicted molar refractivity (Wildman–Crippen MR) is 140 cm³/mol. The van der Waals surface area contributed by atoms with E-state index in [1.54, 1.807) is 21.6 Å². The van der Waals surface area contributed by atoms with Crippen LogP contribution >= 0.6 is 24.0 Å². The molecule has 2 aromatic heterocycles. The molecule has 0 aromatic carbocycles. The molecule has 5 rings (SSSR count). The molecule has 0 spiro atoms. The number of aromatic nitrogens is 2. The summed E-state index contributed by atoms with van der Waals surface area (Å²) in [5.74, 6) is 1.10. The monoisotopic (exact) mass is 498 g/mol. The lowest BCUT2D eigenvalue weighted by molar-refractivity contribution is -0.123. The Hall–Kier alpha value is -2.23. The summed E-state index contributed by atoms with van der Waals surface area (Å²) >= 11 is 6.75. The highest BCUT2D eigenvalue weighted by Crippen LogP contribution is 2.34. The molecule has 180 valence electrons. The third kappa shape index (κ3) is 4.65. The van der Waals surface area contributed by atoms with E-state index < -0.39 is 0 Å². The summed E-state index contributed by atoms with van der Waals surface area (Å²) in [6.45, 7) is 5.42. The van der Waals surface area contributed by atoms with E-state index in [1.807, 2.05) is 19.1 Å². The Bertz CT molecular complexity index is 1210. The van der Waals surface area contributed by atoms with Crippen molar-refractivity contribution in [3.05, 3.63) is 44.7 Å². The minimum Gasteiger partial charge on any atom is -0.376 e. The van der Waals surface area contributed by atoms with E-state index in [0.717, 1.165) is 56.6 Å². The summed E-state index contributed by atoms with van der Waals surface area (Å²) in [4.78, 5) is 33.7. The average Bonchev–Trinajstić information content (AvgIpc) is 3.42. The molecule has 2 aliphatic heterocycles. The van der Waals surface area contributed by atoms with E-state index in [9.17, 15) is 9.59 Å². The molecule has 1 unspecified atom stereocenters. The van der Waals surface area contributed by atoms with E-state index >= 15 is 0 Å². The molecule has 1 N–H and O–H groups in total. The summed E-state index contributed by atoms with van der Waals surface area (Å²) < 4.78 is 7.76. The maximum atomic E-state index is 13.6. The molecule has 3 fully saturated rings. The van der Waals surface area contributed by atoms with Gasteiger partial charge in [0.15, 0.2) is 0 Å². The second kappa shape index (κ2) is 9.79. The lowest BCUT2D eigenvalue weighted by Crippen LogP contribution is -2.35. The van der Waals surface area contributed by atoms with Crippen molar-refractivity contribution in [2.75, 3.05) is 18.5 Å². The van der Waals surface area contributed by atoms with E-state index in [4.69, 9.17) is 21.9 Å². The van der Waals surface area contributed by atoms with Gasteiger partial charge in [-0.1, -0.05) is 37.0 Å². The number of nitrogens with zero attached hydrogens (tertiary/aromatic N) is 3. The number of anilines is 1. The van der Waals surface area contributed by atoms with Gasteiger partial charge >= 0.3 is 0 Å². The SMILES string of the molecule is Cc1cccn2c(=O)c(C=C3SC(=S)N(CC4CCCO4)C3=O)c(NC3CCC(C)CC3)nc12.